The van der Waals surface area contributed by atoms with Crippen LogP contribution in [0.15, 0.2) is 23.2 Å². The molecule has 6 heteroatoms. The van der Waals surface area contributed by atoms with Crippen molar-refractivity contribution in [1.82, 2.24) is 4.90 Å². The van der Waals surface area contributed by atoms with Gasteiger partial charge in [0.25, 0.3) is 0 Å². The molecule has 110 valence electrons. The van der Waals surface area contributed by atoms with Crippen LogP contribution in [0.2, 0.25) is 0 Å². The molecule has 20 heavy (non-hydrogen) atoms. The van der Waals surface area contributed by atoms with Crippen LogP contribution in [0, 0.1) is 13.8 Å². The van der Waals surface area contributed by atoms with E-state index in [2.05, 4.69) is 4.99 Å². The van der Waals surface area contributed by atoms with Gasteiger partial charge >= 0.3 is 6.18 Å². The molecule has 0 saturated heterocycles. The van der Waals surface area contributed by atoms with Gasteiger partial charge in [0.2, 0.25) is 0 Å². The Labute approximate surface area is 116 Å². The molecule has 2 rings (SSSR count). The number of nitrogens with two attached hydrogens (primary N) is 1. The first-order chi connectivity index (χ1) is 9.29. The van der Waals surface area contributed by atoms with Gasteiger partial charge in [0.05, 0.1) is 12.6 Å². The summed E-state index contributed by atoms with van der Waals surface area (Å²) in [6, 6.07) is 5.05. The molecule has 1 aliphatic rings. The Morgan fingerprint density at radius 2 is 2.05 bits per heavy atom. The molecular formula is C14H18F3N3. The molecule has 1 aromatic rings. The average Bonchev–Trinajstić information content (AvgIpc) is 2.77. The van der Waals surface area contributed by atoms with Crippen LogP contribution >= 0.6 is 0 Å². The van der Waals surface area contributed by atoms with Crippen molar-refractivity contribution in [3.8, 4) is 0 Å². The normalized spacial score (nSPS) is 17.3. The SMILES string of the molecule is Cc1cccc(C(N)C2=NCCN2CC(F)(F)F)c1C. The fraction of sp³-hybridized carbons (Fsp3) is 0.500. The molecule has 0 amide bonds. The highest BCUT2D eigenvalue weighted by atomic mass is 19.4. The highest BCUT2D eigenvalue weighted by Gasteiger charge is 2.35. The minimum atomic E-state index is -4.24. The van der Waals surface area contributed by atoms with E-state index in [1.807, 2.05) is 32.0 Å². The molecule has 0 aliphatic carbocycles. The lowest BCUT2D eigenvalue weighted by Gasteiger charge is -2.26. The quantitative estimate of drug-likeness (QED) is 0.927. The number of aliphatic imine (C=N–C) groups is 1. The fourth-order valence-electron chi connectivity index (χ4n) is 2.42. The third-order valence-corrected chi connectivity index (χ3v) is 3.60. The minimum Gasteiger partial charge on any atom is -0.348 e. The van der Waals surface area contributed by atoms with Gasteiger partial charge in [-0.25, -0.2) is 0 Å². The molecule has 1 aromatic carbocycles. The van der Waals surface area contributed by atoms with Gasteiger partial charge in [-0.05, 0) is 30.5 Å². The van der Waals surface area contributed by atoms with E-state index < -0.39 is 18.8 Å². The Morgan fingerprint density at radius 1 is 1.35 bits per heavy atom. The molecule has 2 N–H and O–H groups in total. The third-order valence-electron chi connectivity index (χ3n) is 3.60. The molecule has 0 aromatic heterocycles. The number of aryl methyl sites for hydroxylation is 1. The Hall–Kier alpha value is -1.56. The molecule has 1 atom stereocenters. The second-order valence-corrected chi connectivity index (χ2v) is 5.04. The lowest BCUT2D eigenvalue weighted by Crippen LogP contribution is -2.41. The van der Waals surface area contributed by atoms with Gasteiger partial charge in [0, 0.05) is 6.54 Å². The number of benzene rings is 1. The van der Waals surface area contributed by atoms with Crippen molar-refractivity contribution in [1.29, 1.82) is 0 Å². The number of rotatable bonds is 3. The second-order valence-electron chi connectivity index (χ2n) is 5.04. The Morgan fingerprint density at radius 3 is 2.70 bits per heavy atom. The van der Waals surface area contributed by atoms with Crippen molar-refractivity contribution in [2.24, 2.45) is 10.7 Å². The Bertz CT molecular complexity index is 523. The number of amidine groups is 1. The molecule has 0 fully saturated rings. The van der Waals surface area contributed by atoms with Gasteiger partial charge in [-0.1, -0.05) is 18.2 Å². The van der Waals surface area contributed by atoms with Gasteiger partial charge in [-0.3, -0.25) is 4.99 Å². The molecule has 0 bridgehead atoms. The van der Waals surface area contributed by atoms with Gasteiger partial charge in [-0.15, -0.1) is 0 Å². The smallest absolute Gasteiger partial charge is 0.348 e. The molecule has 3 nitrogen and oxygen atoms in total. The summed E-state index contributed by atoms with van der Waals surface area (Å²) in [4.78, 5) is 5.39. The Balaban J connectivity index is 2.24. The molecule has 0 radical (unpaired) electrons. The molecular weight excluding hydrogens is 267 g/mol. The molecule has 0 saturated carbocycles. The van der Waals surface area contributed by atoms with Crippen molar-refractivity contribution in [3.05, 3.63) is 34.9 Å². The first kappa shape index (κ1) is 14.8. The first-order valence-corrected chi connectivity index (χ1v) is 6.47. The third kappa shape index (κ3) is 3.12. The van der Waals surface area contributed by atoms with Crippen LogP contribution < -0.4 is 5.73 Å². The predicted molar refractivity (Wildman–Crippen MR) is 72.8 cm³/mol. The second kappa shape index (κ2) is 5.44. The van der Waals surface area contributed by atoms with E-state index in [0.717, 1.165) is 16.7 Å². The van der Waals surface area contributed by atoms with E-state index >= 15 is 0 Å². The van der Waals surface area contributed by atoms with E-state index in [9.17, 15) is 13.2 Å². The zero-order valence-electron chi connectivity index (χ0n) is 11.5. The van der Waals surface area contributed by atoms with Gasteiger partial charge < -0.3 is 10.6 Å². The van der Waals surface area contributed by atoms with Crippen molar-refractivity contribution >= 4 is 5.84 Å². The fourth-order valence-corrected chi connectivity index (χ4v) is 2.42. The summed E-state index contributed by atoms with van der Waals surface area (Å²) in [6.07, 6.45) is -4.24. The summed E-state index contributed by atoms with van der Waals surface area (Å²) in [6.45, 7) is 3.52. The maximum Gasteiger partial charge on any atom is 0.405 e. The number of halogens is 3. The van der Waals surface area contributed by atoms with E-state index in [-0.39, 0.29) is 6.54 Å². The van der Waals surface area contributed by atoms with E-state index in [1.165, 1.54) is 4.90 Å². The van der Waals surface area contributed by atoms with E-state index in [0.29, 0.717) is 12.4 Å². The van der Waals surface area contributed by atoms with Crippen LogP contribution in [-0.2, 0) is 0 Å². The van der Waals surface area contributed by atoms with Crippen molar-refractivity contribution in [2.45, 2.75) is 26.1 Å². The lowest BCUT2D eigenvalue weighted by atomic mass is 9.97. The van der Waals surface area contributed by atoms with Crippen LogP contribution in [0.25, 0.3) is 0 Å². The van der Waals surface area contributed by atoms with Crippen molar-refractivity contribution < 1.29 is 13.2 Å². The minimum absolute atomic E-state index is 0.271. The van der Waals surface area contributed by atoms with Gasteiger partial charge in [0.15, 0.2) is 0 Å². The van der Waals surface area contributed by atoms with Crippen molar-refractivity contribution in [3.63, 3.8) is 0 Å². The highest BCUT2D eigenvalue weighted by Crippen LogP contribution is 2.25. The number of nitrogens with zero attached hydrogens (tertiary/aromatic N) is 2. The van der Waals surface area contributed by atoms with Crippen LogP contribution in [0.5, 0.6) is 0 Å². The number of alkyl halides is 3. The van der Waals surface area contributed by atoms with Crippen LogP contribution in [-0.4, -0.2) is 36.5 Å². The lowest BCUT2D eigenvalue weighted by molar-refractivity contribution is -0.137. The van der Waals surface area contributed by atoms with E-state index in [4.69, 9.17) is 5.73 Å². The standard InChI is InChI=1S/C14H18F3N3/c1-9-4-3-5-11(10(9)2)12(18)13-19-6-7-20(13)8-14(15,16)17/h3-5,12H,6-8,18H2,1-2H3. The number of hydrogen-bond acceptors (Lipinski definition) is 3. The maximum absolute atomic E-state index is 12.6. The summed E-state index contributed by atoms with van der Waals surface area (Å²) >= 11 is 0. The topological polar surface area (TPSA) is 41.6 Å². The van der Waals surface area contributed by atoms with Crippen LogP contribution in [0.3, 0.4) is 0 Å². The Kier molecular flexibility index (Phi) is 4.04. The summed E-state index contributed by atoms with van der Waals surface area (Å²) in [5.41, 5.74) is 9.04. The van der Waals surface area contributed by atoms with Gasteiger partial charge in [-0.2, -0.15) is 13.2 Å². The summed E-state index contributed by atoms with van der Waals surface area (Å²) < 4.78 is 37.7. The summed E-state index contributed by atoms with van der Waals surface area (Å²) in [5, 5.41) is 0. The molecule has 1 heterocycles. The number of hydrogen-bond donors (Lipinski definition) is 1. The average molecular weight is 285 g/mol. The zero-order chi connectivity index (χ0) is 14.9. The molecule has 0 spiro atoms. The molecule has 1 aliphatic heterocycles. The monoisotopic (exact) mass is 285 g/mol. The highest BCUT2D eigenvalue weighted by molar-refractivity contribution is 5.90. The largest absolute Gasteiger partial charge is 0.405 e. The summed E-state index contributed by atoms with van der Waals surface area (Å²) in [7, 11) is 0. The van der Waals surface area contributed by atoms with E-state index in [1.54, 1.807) is 0 Å². The zero-order valence-corrected chi connectivity index (χ0v) is 11.5. The van der Waals surface area contributed by atoms with Gasteiger partial charge in [0.1, 0.15) is 12.4 Å². The molecule has 1 unspecified atom stereocenters. The van der Waals surface area contributed by atoms with Crippen LogP contribution in [0.1, 0.15) is 22.7 Å². The van der Waals surface area contributed by atoms with Crippen molar-refractivity contribution in [2.75, 3.05) is 19.6 Å². The maximum atomic E-state index is 12.6. The first-order valence-electron chi connectivity index (χ1n) is 6.47. The van der Waals surface area contributed by atoms with Crippen LogP contribution in [0.4, 0.5) is 13.2 Å². The predicted octanol–water partition coefficient (Wildman–Crippen LogP) is 2.58. The summed E-state index contributed by atoms with van der Waals surface area (Å²) in [5.74, 6) is 0.330.